The molecule has 0 fully saturated rings. The third kappa shape index (κ3) is 4.29. The molecular formula is C26H29N3O6. The summed E-state index contributed by atoms with van der Waals surface area (Å²) in [5.41, 5.74) is 0.715. The number of carbonyl (C=O) groups excluding carboxylic acids is 3. The molecule has 184 valence electrons. The summed E-state index contributed by atoms with van der Waals surface area (Å²) in [7, 11) is 4.42. The zero-order valence-corrected chi connectivity index (χ0v) is 20.7. The van der Waals surface area contributed by atoms with E-state index >= 15 is 0 Å². The lowest BCUT2D eigenvalue weighted by molar-refractivity contribution is -0.127. The number of benzene rings is 2. The Hall–Kier alpha value is -4.01. The third-order valence-electron chi connectivity index (χ3n) is 5.81. The van der Waals surface area contributed by atoms with Gasteiger partial charge in [0.05, 0.1) is 26.8 Å². The average Bonchev–Trinajstić information content (AvgIpc) is 3.21. The minimum atomic E-state index is -1.12. The summed E-state index contributed by atoms with van der Waals surface area (Å²) in [6, 6.07) is 11.1. The van der Waals surface area contributed by atoms with Crippen molar-refractivity contribution < 1.29 is 28.6 Å². The monoisotopic (exact) mass is 479 g/mol. The molecule has 1 aromatic heterocycles. The first kappa shape index (κ1) is 24.1. The Bertz CT molecular complexity index is 1300. The normalized spacial score (nSPS) is 14.5. The second-order valence-corrected chi connectivity index (χ2v) is 9.35. The molecule has 2 heterocycles. The number of carbonyl (C=O) groups is 3. The highest BCUT2D eigenvalue weighted by Gasteiger charge is 2.40. The number of rotatable bonds is 6. The molecule has 0 radical (unpaired) electrons. The van der Waals surface area contributed by atoms with Gasteiger partial charge in [-0.05, 0) is 50.6 Å². The van der Waals surface area contributed by atoms with Crippen molar-refractivity contribution in [1.29, 1.82) is 0 Å². The second kappa shape index (κ2) is 8.98. The SMILES string of the molecule is COc1cc(C(C(=O)NC(C)(C)C)N2CC(=O)n3c(cc4ccccc43)C2=O)cc(OC)c1OC. The van der Waals surface area contributed by atoms with Gasteiger partial charge in [0.2, 0.25) is 11.7 Å². The Balaban J connectivity index is 1.88. The summed E-state index contributed by atoms with van der Waals surface area (Å²) < 4.78 is 17.8. The zero-order valence-electron chi connectivity index (χ0n) is 20.7. The van der Waals surface area contributed by atoms with E-state index in [1.165, 1.54) is 30.8 Å². The van der Waals surface area contributed by atoms with Crippen molar-refractivity contribution >= 4 is 28.6 Å². The van der Waals surface area contributed by atoms with Gasteiger partial charge >= 0.3 is 0 Å². The van der Waals surface area contributed by atoms with E-state index in [1.54, 1.807) is 24.3 Å². The predicted molar refractivity (Wildman–Crippen MR) is 130 cm³/mol. The molecule has 1 aliphatic heterocycles. The number of ether oxygens (including phenoxy) is 3. The number of para-hydroxylation sites is 1. The van der Waals surface area contributed by atoms with Gasteiger partial charge < -0.3 is 24.4 Å². The van der Waals surface area contributed by atoms with Crippen molar-refractivity contribution in [2.24, 2.45) is 0 Å². The Kier molecular flexibility index (Phi) is 6.19. The topological polar surface area (TPSA) is 99.1 Å². The second-order valence-electron chi connectivity index (χ2n) is 9.35. The van der Waals surface area contributed by atoms with Gasteiger partial charge in [0.15, 0.2) is 11.5 Å². The number of fused-ring (bicyclic) bond motifs is 3. The van der Waals surface area contributed by atoms with Crippen molar-refractivity contribution in [3.63, 3.8) is 0 Å². The van der Waals surface area contributed by atoms with Crippen molar-refractivity contribution in [2.75, 3.05) is 27.9 Å². The predicted octanol–water partition coefficient (Wildman–Crippen LogP) is 3.42. The van der Waals surface area contributed by atoms with Gasteiger partial charge in [-0.3, -0.25) is 19.0 Å². The Morgan fingerprint density at radius 1 is 0.971 bits per heavy atom. The highest BCUT2D eigenvalue weighted by Crippen LogP contribution is 2.41. The maximum absolute atomic E-state index is 13.7. The summed E-state index contributed by atoms with van der Waals surface area (Å²) in [6.07, 6.45) is 0. The van der Waals surface area contributed by atoms with Gasteiger partial charge in [-0.2, -0.15) is 0 Å². The molecule has 3 aromatic rings. The summed E-state index contributed by atoms with van der Waals surface area (Å²) >= 11 is 0. The van der Waals surface area contributed by atoms with Crippen LogP contribution in [-0.2, 0) is 4.79 Å². The lowest BCUT2D eigenvalue weighted by Gasteiger charge is -2.36. The van der Waals surface area contributed by atoms with Crippen LogP contribution in [0.1, 0.15) is 47.7 Å². The van der Waals surface area contributed by atoms with Crippen LogP contribution in [0.15, 0.2) is 42.5 Å². The van der Waals surface area contributed by atoms with E-state index in [0.717, 1.165) is 5.39 Å². The van der Waals surface area contributed by atoms with Crippen molar-refractivity contribution in [3.8, 4) is 17.2 Å². The van der Waals surface area contributed by atoms with Crippen molar-refractivity contribution in [1.82, 2.24) is 14.8 Å². The fourth-order valence-corrected chi connectivity index (χ4v) is 4.39. The highest BCUT2D eigenvalue weighted by atomic mass is 16.5. The van der Waals surface area contributed by atoms with Gasteiger partial charge in [-0.1, -0.05) is 18.2 Å². The molecule has 0 bridgehead atoms. The fraction of sp³-hybridized carbons (Fsp3) is 0.346. The molecule has 0 spiro atoms. The van der Waals surface area contributed by atoms with Crippen LogP contribution in [0.5, 0.6) is 17.2 Å². The van der Waals surface area contributed by atoms with Gasteiger partial charge in [-0.25, -0.2) is 0 Å². The smallest absolute Gasteiger partial charge is 0.272 e. The van der Waals surface area contributed by atoms with Crippen LogP contribution in [0, 0.1) is 0 Å². The molecule has 0 saturated carbocycles. The lowest BCUT2D eigenvalue weighted by atomic mass is 9.99. The first-order valence-corrected chi connectivity index (χ1v) is 11.2. The summed E-state index contributed by atoms with van der Waals surface area (Å²) in [6.45, 7) is 5.26. The quantitative estimate of drug-likeness (QED) is 0.582. The molecular weight excluding hydrogens is 450 g/mol. The number of aromatic nitrogens is 1. The van der Waals surface area contributed by atoms with Gasteiger partial charge in [0, 0.05) is 10.9 Å². The largest absolute Gasteiger partial charge is 0.493 e. The Morgan fingerprint density at radius 3 is 2.17 bits per heavy atom. The molecule has 1 aliphatic rings. The van der Waals surface area contributed by atoms with Crippen LogP contribution in [0.2, 0.25) is 0 Å². The number of hydrogen-bond donors (Lipinski definition) is 1. The number of amides is 2. The lowest BCUT2D eigenvalue weighted by Crippen LogP contribution is -2.53. The fourth-order valence-electron chi connectivity index (χ4n) is 4.39. The minimum Gasteiger partial charge on any atom is -0.493 e. The molecule has 4 rings (SSSR count). The first-order chi connectivity index (χ1) is 16.6. The third-order valence-corrected chi connectivity index (χ3v) is 5.81. The van der Waals surface area contributed by atoms with E-state index in [2.05, 4.69) is 5.32 Å². The van der Waals surface area contributed by atoms with Gasteiger partial charge in [-0.15, -0.1) is 0 Å². The van der Waals surface area contributed by atoms with Crippen molar-refractivity contribution in [2.45, 2.75) is 32.4 Å². The van der Waals surface area contributed by atoms with Crippen LogP contribution in [0.3, 0.4) is 0 Å². The molecule has 2 aromatic carbocycles. The van der Waals surface area contributed by atoms with E-state index in [1.807, 2.05) is 39.0 Å². The molecule has 1 N–H and O–H groups in total. The van der Waals surface area contributed by atoms with E-state index < -0.39 is 23.4 Å². The van der Waals surface area contributed by atoms with Crippen LogP contribution < -0.4 is 19.5 Å². The Labute approximate surface area is 203 Å². The first-order valence-electron chi connectivity index (χ1n) is 11.2. The molecule has 2 amide bonds. The number of hydrogen-bond acceptors (Lipinski definition) is 6. The van der Waals surface area contributed by atoms with E-state index in [9.17, 15) is 14.4 Å². The van der Waals surface area contributed by atoms with Crippen LogP contribution >= 0.6 is 0 Å². The van der Waals surface area contributed by atoms with Gasteiger partial charge in [0.1, 0.15) is 18.3 Å². The minimum absolute atomic E-state index is 0.212. The molecule has 35 heavy (non-hydrogen) atoms. The molecule has 9 heteroatoms. The van der Waals surface area contributed by atoms with E-state index in [4.69, 9.17) is 14.2 Å². The summed E-state index contributed by atoms with van der Waals surface area (Å²) in [4.78, 5) is 41.9. The van der Waals surface area contributed by atoms with Crippen LogP contribution in [0.25, 0.3) is 10.9 Å². The summed E-state index contributed by atoms with van der Waals surface area (Å²) in [5.74, 6) is -0.140. The van der Waals surface area contributed by atoms with Crippen molar-refractivity contribution in [3.05, 3.63) is 53.7 Å². The summed E-state index contributed by atoms with van der Waals surface area (Å²) in [5, 5.41) is 3.71. The average molecular weight is 480 g/mol. The number of nitrogens with one attached hydrogen (secondary N) is 1. The molecule has 1 unspecified atom stereocenters. The molecule has 0 saturated heterocycles. The van der Waals surface area contributed by atoms with Crippen LogP contribution in [0.4, 0.5) is 0 Å². The van der Waals surface area contributed by atoms with E-state index in [0.29, 0.717) is 28.3 Å². The Morgan fingerprint density at radius 2 is 1.60 bits per heavy atom. The highest BCUT2D eigenvalue weighted by molar-refractivity contribution is 6.10. The maximum atomic E-state index is 13.7. The standard InChI is InChI=1S/C26H29N3O6/c1-26(2,3)27-24(31)22(16-12-19(33-4)23(35-6)20(13-16)34-5)28-14-21(30)29-17-10-8-7-9-15(17)11-18(29)25(28)32/h7-13,22H,14H2,1-6H3,(H,27,31). The molecule has 9 nitrogen and oxygen atoms in total. The molecule has 0 aliphatic carbocycles. The number of nitrogens with zero attached hydrogens (tertiary/aromatic N) is 2. The van der Waals surface area contributed by atoms with Crippen LogP contribution in [-0.4, -0.2) is 60.6 Å². The zero-order chi connectivity index (χ0) is 25.5. The maximum Gasteiger partial charge on any atom is 0.272 e. The van der Waals surface area contributed by atoms with E-state index in [-0.39, 0.29) is 18.1 Å². The number of methoxy groups -OCH3 is 3. The molecule has 1 atom stereocenters. The van der Waals surface area contributed by atoms with Gasteiger partial charge in [0.25, 0.3) is 11.8 Å².